The molecule has 138 valence electrons. The molecule has 0 unspecified atom stereocenters. The van der Waals surface area contributed by atoms with Gasteiger partial charge in [-0.25, -0.2) is 0 Å². The normalized spacial score (nSPS) is 11.9. The molecule has 0 saturated carbocycles. The maximum absolute atomic E-state index is 6.10. The van der Waals surface area contributed by atoms with Gasteiger partial charge in [0.05, 0.1) is 0 Å². The number of hydrogen-bond acceptors (Lipinski definition) is 2. The average Bonchev–Trinajstić information content (AvgIpc) is 2.69. The van der Waals surface area contributed by atoms with E-state index < -0.39 is 0 Å². The molecule has 0 bridgehead atoms. The van der Waals surface area contributed by atoms with E-state index in [1.807, 2.05) is 24.3 Å². The Balaban J connectivity index is 2.08. The lowest BCUT2D eigenvalue weighted by atomic mass is 9.90. The lowest BCUT2D eigenvalue weighted by Crippen LogP contribution is -2.10. The van der Waals surface area contributed by atoms with Crippen LogP contribution >= 0.6 is 11.6 Å². The lowest BCUT2D eigenvalue weighted by Gasteiger charge is -2.15. The number of aryl methyl sites for hydroxylation is 1. The topological polar surface area (TPSA) is 35.2 Å². The zero-order valence-corrected chi connectivity index (χ0v) is 16.5. The largest absolute Gasteiger partial charge is 0.492 e. The molecule has 0 aliphatic heterocycles. The van der Waals surface area contributed by atoms with E-state index in [1.165, 1.54) is 22.3 Å². The molecule has 0 atom stereocenters. The Bertz CT molecular complexity index is 910. The van der Waals surface area contributed by atoms with Crippen LogP contribution < -0.4 is 10.5 Å². The van der Waals surface area contributed by atoms with E-state index in [1.54, 1.807) is 0 Å². The fourth-order valence-electron chi connectivity index (χ4n) is 3.06. The van der Waals surface area contributed by atoms with Gasteiger partial charge in [-0.1, -0.05) is 65.7 Å². The first-order valence-corrected chi connectivity index (χ1v) is 9.43. The Kier molecular flexibility index (Phi) is 6.33. The van der Waals surface area contributed by atoms with Crippen molar-refractivity contribution in [3.8, 4) is 5.75 Å². The molecule has 3 rings (SSSR count). The van der Waals surface area contributed by atoms with Crippen LogP contribution in [-0.4, -0.2) is 13.2 Å². The van der Waals surface area contributed by atoms with Gasteiger partial charge in [-0.15, -0.1) is 0 Å². The monoisotopic (exact) mass is 377 g/mol. The van der Waals surface area contributed by atoms with Crippen LogP contribution in [0.2, 0.25) is 5.02 Å². The maximum Gasteiger partial charge on any atom is 0.119 e. The summed E-state index contributed by atoms with van der Waals surface area (Å²) >= 11 is 6.10. The van der Waals surface area contributed by atoms with Gasteiger partial charge in [-0.05, 0) is 65.9 Å². The SMILES string of the molecule is C/C(=C(/c1ccc(Cl)cc1)c1ccc(OCCN)cc1)c1ccc(C)cc1. The number of ether oxygens (including phenoxy) is 1. The van der Waals surface area contributed by atoms with Crippen LogP contribution in [0.25, 0.3) is 11.1 Å². The first-order valence-electron chi connectivity index (χ1n) is 9.05. The molecule has 27 heavy (non-hydrogen) atoms. The highest BCUT2D eigenvalue weighted by Crippen LogP contribution is 2.33. The van der Waals surface area contributed by atoms with Crippen LogP contribution in [0.1, 0.15) is 29.2 Å². The predicted molar refractivity (Wildman–Crippen MR) is 115 cm³/mol. The highest BCUT2D eigenvalue weighted by Gasteiger charge is 2.11. The molecule has 0 fully saturated rings. The number of benzene rings is 3. The summed E-state index contributed by atoms with van der Waals surface area (Å²) < 4.78 is 5.61. The van der Waals surface area contributed by atoms with Gasteiger partial charge in [0.1, 0.15) is 12.4 Å². The van der Waals surface area contributed by atoms with Crippen molar-refractivity contribution in [2.45, 2.75) is 13.8 Å². The molecule has 3 aromatic rings. The van der Waals surface area contributed by atoms with E-state index in [0.29, 0.717) is 13.2 Å². The fraction of sp³-hybridized carbons (Fsp3) is 0.167. The van der Waals surface area contributed by atoms with Gasteiger partial charge in [0.15, 0.2) is 0 Å². The standard InChI is InChI=1S/C24H24ClNO/c1-17-3-5-19(6-4-17)18(2)24(20-7-11-22(25)12-8-20)21-9-13-23(14-10-21)27-16-15-26/h3-14H,15-16,26H2,1-2H3/b24-18+. The van der Waals surface area contributed by atoms with Crippen molar-refractivity contribution in [1.29, 1.82) is 0 Å². The first-order chi connectivity index (χ1) is 13.1. The van der Waals surface area contributed by atoms with Crippen molar-refractivity contribution in [3.63, 3.8) is 0 Å². The minimum absolute atomic E-state index is 0.504. The van der Waals surface area contributed by atoms with E-state index in [4.69, 9.17) is 22.1 Å². The first kappa shape index (κ1) is 19.2. The molecular weight excluding hydrogens is 354 g/mol. The fourth-order valence-corrected chi connectivity index (χ4v) is 3.18. The van der Waals surface area contributed by atoms with Crippen molar-refractivity contribution in [1.82, 2.24) is 0 Å². The smallest absolute Gasteiger partial charge is 0.119 e. The van der Waals surface area contributed by atoms with Gasteiger partial charge < -0.3 is 10.5 Å². The zero-order valence-electron chi connectivity index (χ0n) is 15.7. The Hall–Kier alpha value is -2.55. The van der Waals surface area contributed by atoms with Crippen molar-refractivity contribution in [2.75, 3.05) is 13.2 Å². The second kappa shape index (κ2) is 8.90. The van der Waals surface area contributed by atoms with Crippen molar-refractivity contribution < 1.29 is 4.74 Å². The molecule has 0 aliphatic rings. The Morgan fingerprint density at radius 3 is 1.89 bits per heavy atom. The Morgan fingerprint density at radius 2 is 1.33 bits per heavy atom. The number of nitrogens with two attached hydrogens (primary N) is 1. The Morgan fingerprint density at radius 1 is 0.815 bits per heavy atom. The highest BCUT2D eigenvalue weighted by atomic mass is 35.5. The molecule has 3 heteroatoms. The molecule has 0 aliphatic carbocycles. The highest BCUT2D eigenvalue weighted by molar-refractivity contribution is 6.30. The Labute approximate surface area is 166 Å². The predicted octanol–water partition coefficient (Wildman–Crippen LogP) is 5.96. The summed E-state index contributed by atoms with van der Waals surface area (Å²) in [4.78, 5) is 0. The summed E-state index contributed by atoms with van der Waals surface area (Å²) in [6.07, 6.45) is 0. The van der Waals surface area contributed by atoms with E-state index in [-0.39, 0.29) is 0 Å². The van der Waals surface area contributed by atoms with Crippen LogP contribution in [-0.2, 0) is 0 Å². The summed E-state index contributed by atoms with van der Waals surface area (Å²) in [6, 6.07) is 24.8. The van der Waals surface area contributed by atoms with Crippen LogP contribution in [0.15, 0.2) is 72.8 Å². The van der Waals surface area contributed by atoms with Crippen LogP contribution in [0, 0.1) is 6.92 Å². The molecule has 2 nitrogen and oxygen atoms in total. The van der Waals surface area contributed by atoms with Gasteiger partial charge in [-0.3, -0.25) is 0 Å². The molecule has 0 amide bonds. The second-order valence-electron chi connectivity index (χ2n) is 6.53. The molecule has 0 radical (unpaired) electrons. The quantitative estimate of drug-likeness (QED) is 0.537. The van der Waals surface area contributed by atoms with Crippen LogP contribution in [0.5, 0.6) is 5.75 Å². The summed E-state index contributed by atoms with van der Waals surface area (Å²) in [7, 11) is 0. The van der Waals surface area contributed by atoms with Gasteiger partial charge in [-0.2, -0.15) is 0 Å². The van der Waals surface area contributed by atoms with E-state index in [0.717, 1.165) is 21.9 Å². The number of allylic oxidation sites excluding steroid dienone is 1. The molecule has 2 N–H and O–H groups in total. The molecule has 0 heterocycles. The van der Waals surface area contributed by atoms with E-state index in [9.17, 15) is 0 Å². The third-order valence-electron chi connectivity index (χ3n) is 4.52. The summed E-state index contributed by atoms with van der Waals surface area (Å²) in [5.74, 6) is 0.827. The third-order valence-corrected chi connectivity index (χ3v) is 4.77. The second-order valence-corrected chi connectivity index (χ2v) is 6.97. The summed E-state index contributed by atoms with van der Waals surface area (Å²) in [6.45, 7) is 5.28. The molecule has 3 aromatic carbocycles. The van der Waals surface area contributed by atoms with Crippen LogP contribution in [0.4, 0.5) is 0 Å². The van der Waals surface area contributed by atoms with Gasteiger partial charge >= 0.3 is 0 Å². The van der Waals surface area contributed by atoms with Crippen molar-refractivity contribution >= 4 is 22.7 Å². The van der Waals surface area contributed by atoms with Crippen molar-refractivity contribution in [2.24, 2.45) is 5.73 Å². The molecule has 0 saturated heterocycles. The number of rotatable bonds is 6. The third kappa shape index (κ3) is 4.79. The number of halogens is 1. The minimum Gasteiger partial charge on any atom is -0.492 e. The maximum atomic E-state index is 6.10. The number of hydrogen-bond donors (Lipinski definition) is 1. The summed E-state index contributed by atoms with van der Waals surface area (Å²) in [5, 5.41) is 0.733. The molecule has 0 spiro atoms. The minimum atomic E-state index is 0.504. The molecular formula is C24H24ClNO. The summed E-state index contributed by atoms with van der Waals surface area (Å²) in [5.41, 5.74) is 12.6. The average molecular weight is 378 g/mol. The zero-order chi connectivity index (χ0) is 19.2. The van der Waals surface area contributed by atoms with Crippen molar-refractivity contribution in [3.05, 3.63) is 100 Å². The van der Waals surface area contributed by atoms with Gasteiger partial charge in [0.2, 0.25) is 0 Å². The van der Waals surface area contributed by atoms with E-state index in [2.05, 4.69) is 62.4 Å². The lowest BCUT2D eigenvalue weighted by molar-refractivity contribution is 0.328. The van der Waals surface area contributed by atoms with Gasteiger partial charge in [0.25, 0.3) is 0 Å². The van der Waals surface area contributed by atoms with Crippen LogP contribution in [0.3, 0.4) is 0 Å². The molecule has 0 aromatic heterocycles. The van der Waals surface area contributed by atoms with E-state index >= 15 is 0 Å². The van der Waals surface area contributed by atoms with Gasteiger partial charge in [0, 0.05) is 11.6 Å².